The van der Waals surface area contributed by atoms with Gasteiger partial charge in [0.05, 0.1) is 22.6 Å². The summed E-state index contributed by atoms with van der Waals surface area (Å²) >= 11 is 0. The molecule has 0 saturated carbocycles. The van der Waals surface area contributed by atoms with Gasteiger partial charge in [-0.1, -0.05) is 0 Å². The molecule has 1 amide bonds. The molecule has 0 fully saturated rings. The van der Waals surface area contributed by atoms with E-state index in [0.717, 1.165) is 16.8 Å². The minimum Gasteiger partial charge on any atom is -0.490 e. The smallest absolute Gasteiger partial charge is 0.407 e. The number of fused-ring (bicyclic) bond motifs is 2. The first-order valence-corrected chi connectivity index (χ1v) is 10.6. The van der Waals surface area contributed by atoms with Crippen LogP contribution in [0.4, 0.5) is 4.79 Å². The van der Waals surface area contributed by atoms with Crippen LogP contribution in [0.25, 0.3) is 27.9 Å². The van der Waals surface area contributed by atoms with Crippen LogP contribution >= 0.6 is 0 Å². The minimum absolute atomic E-state index is 0.0878. The largest absolute Gasteiger partial charge is 0.490 e. The van der Waals surface area contributed by atoms with Crippen molar-refractivity contribution in [2.45, 2.75) is 40.2 Å². The molecule has 0 aliphatic rings. The summed E-state index contributed by atoms with van der Waals surface area (Å²) < 4.78 is 18.1. The van der Waals surface area contributed by atoms with Gasteiger partial charge in [0.25, 0.3) is 0 Å². The Kier molecular flexibility index (Phi) is 5.80. The highest BCUT2D eigenvalue weighted by atomic mass is 16.6. The van der Waals surface area contributed by atoms with Crippen molar-refractivity contribution in [2.75, 3.05) is 13.2 Å². The van der Waals surface area contributed by atoms with Crippen molar-refractivity contribution in [1.82, 2.24) is 19.7 Å². The number of ether oxygens (including phenoxy) is 2. The second-order valence-corrected chi connectivity index (χ2v) is 8.83. The highest BCUT2D eigenvalue weighted by molar-refractivity contribution is 5.82. The van der Waals surface area contributed by atoms with E-state index in [1.54, 1.807) is 30.5 Å². The van der Waals surface area contributed by atoms with Crippen LogP contribution in [0.2, 0.25) is 0 Å². The van der Waals surface area contributed by atoms with Crippen molar-refractivity contribution in [2.24, 2.45) is 0 Å². The Morgan fingerprint density at radius 1 is 1.12 bits per heavy atom. The zero-order valence-electron chi connectivity index (χ0n) is 19.3. The van der Waals surface area contributed by atoms with E-state index in [9.17, 15) is 9.59 Å². The number of imidazole rings is 1. The molecule has 9 nitrogen and oxygen atoms in total. The number of aryl methyl sites for hydroxylation is 2. The Labute approximate surface area is 190 Å². The third kappa shape index (κ3) is 5.14. The number of hydrogen-bond donors (Lipinski definition) is 1. The number of aromatic nitrogens is 3. The summed E-state index contributed by atoms with van der Waals surface area (Å²) in [5.74, 6) is 0.503. The van der Waals surface area contributed by atoms with Crippen molar-refractivity contribution >= 4 is 22.7 Å². The highest BCUT2D eigenvalue weighted by Gasteiger charge is 2.15. The van der Waals surface area contributed by atoms with Gasteiger partial charge >= 0.3 is 11.7 Å². The molecule has 33 heavy (non-hydrogen) atoms. The van der Waals surface area contributed by atoms with Gasteiger partial charge in [0.2, 0.25) is 0 Å². The third-order valence-corrected chi connectivity index (χ3v) is 4.77. The molecular weight excluding hydrogens is 424 g/mol. The van der Waals surface area contributed by atoms with Crippen molar-refractivity contribution in [3.05, 3.63) is 58.5 Å². The maximum Gasteiger partial charge on any atom is 0.407 e. The standard InChI is InChI=1S/C24H26N4O5/c1-14-12-28-13-19(26-21(28)15(2)25-14)18-10-16-6-7-17(11-20(16)33-22(18)29)31-8-9-32-23(30)27-24(3,4)5/h6-7,10-13H,8-9H2,1-5H3,(H,27,30). The van der Waals surface area contributed by atoms with Gasteiger partial charge in [0.15, 0.2) is 5.65 Å². The van der Waals surface area contributed by atoms with Gasteiger partial charge in [-0.05, 0) is 52.8 Å². The van der Waals surface area contributed by atoms with Crippen LogP contribution < -0.4 is 15.7 Å². The fraction of sp³-hybridized carbons (Fsp3) is 0.333. The molecule has 9 heteroatoms. The summed E-state index contributed by atoms with van der Waals surface area (Å²) in [4.78, 5) is 33.3. The summed E-state index contributed by atoms with van der Waals surface area (Å²) in [5, 5.41) is 3.44. The second-order valence-electron chi connectivity index (χ2n) is 8.83. The monoisotopic (exact) mass is 450 g/mol. The van der Waals surface area contributed by atoms with E-state index in [0.29, 0.717) is 28.2 Å². The van der Waals surface area contributed by atoms with Gasteiger partial charge in [-0.3, -0.25) is 4.98 Å². The van der Waals surface area contributed by atoms with Crippen molar-refractivity contribution in [3.8, 4) is 17.0 Å². The number of carbonyl (C=O) groups is 1. The first-order valence-electron chi connectivity index (χ1n) is 10.6. The molecule has 172 valence electrons. The van der Waals surface area contributed by atoms with E-state index >= 15 is 0 Å². The van der Waals surface area contributed by atoms with Crippen LogP contribution in [0.1, 0.15) is 32.2 Å². The van der Waals surface area contributed by atoms with Crippen LogP contribution in [-0.4, -0.2) is 39.2 Å². The molecule has 0 radical (unpaired) electrons. The number of nitrogens with one attached hydrogen (secondary N) is 1. The normalized spacial score (nSPS) is 11.7. The molecule has 4 aromatic rings. The van der Waals surface area contributed by atoms with E-state index in [2.05, 4.69) is 15.3 Å². The van der Waals surface area contributed by atoms with Crippen LogP contribution in [-0.2, 0) is 4.74 Å². The zero-order valence-corrected chi connectivity index (χ0v) is 19.3. The summed E-state index contributed by atoms with van der Waals surface area (Å²) in [5.41, 5.74) is 2.76. The molecule has 0 aliphatic carbocycles. The molecule has 0 spiro atoms. The SMILES string of the molecule is Cc1cn2cc(-c3cc4ccc(OCCOC(=O)NC(C)(C)C)cc4oc3=O)nc2c(C)n1. The van der Waals surface area contributed by atoms with Gasteiger partial charge in [-0.2, -0.15) is 0 Å². The molecule has 3 heterocycles. The van der Waals surface area contributed by atoms with Crippen molar-refractivity contribution in [1.29, 1.82) is 0 Å². The Bertz CT molecular complexity index is 1400. The lowest BCUT2D eigenvalue weighted by Crippen LogP contribution is -2.41. The van der Waals surface area contributed by atoms with Crippen molar-refractivity contribution < 1.29 is 18.7 Å². The molecule has 0 atom stereocenters. The topological polar surface area (TPSA) is 108 Å². The van der Waals surface area contributed by atoms with E-state index in [1.807, 2.05) is 45.2 Å². The van der Waals surface area contributed by atoms with Crippen LogP contribution in [0, 0.1) is 13.8 Å². The summed E-state index contributed by atoms with van der Waals surface area (Å²) in [6.07, 6.45) is 3.15. The maximum atomic E-state index is 12.7. The number of amides is 1. The molecule has 4 rings (SSSR count). The number of alkyl carbamates (subject to hydrolysis) is 1. The molecule has 0 bridgehead atoms. The number of benzene rings is 1. The third-order valence-electron chi connectivity index (χ3n) is 4.77. The summed E-state index contributed by atoms with van der Waals surface area (Å²) in [6, 6.07) is 6.96. The van der Waals surface area contributed by atoms with Gasteiger partial charge < -0.3 is 23.6 Å². The predicted octanol–water partition coefficient (Wildman–Crippen LogP) is 4.02. The van der Waals surface area contributed by atoms with Gasteiger partial charge in [0, 0.05) is 29.4 Å². The van der Waals surface area contributed by atoms with Gasteiger partial charge in [-0.15, -0.1) is 0 Å². The van der Waals surface area contributed by atoms with E-state index in [-0.39, 0.29) is 18.8 Å². The van der Waals surface area contributed by atoms with Gasteiger partial charge in [-0.25, -0.2) is 14.6 Å². The summed E-state index contributed by atoms with van der Waals surface area (Å²) in [7, 11) is 0. The number of rotatable bonds is 5. The summed E-state index contributed by atoms with van der Waals surface area (Å²) in [6.45, 7) is 9.64. The van der Waals surface area contributed by atoms with Crippen LogP contribution in [0.3, 0.4) is 0 Å². The molecule has 0 saturated heterocycles. The quantitative estimate of drug-likeness (QED) is 0.361. The fourth-order valence-corrected chi connectivity index (χ4v) is 3.43. The second kappa shape index (κ2) is 8.57. The molecule has 0 aliphatic heterocycles. The average Bonchev–Trinajstić information content (AvgIpc) is 3.13. The molecule has 1 aromatic carbocycles. The number of hydrogen-bond acceptors (Lipinski definition) is 7. The molecular formula is C24H26N4O5. The van der Waals surface area contributed by atoms with Crippen LogP contribution in [0.15, 0.2) is 45.9 Å². The highest BCUT2D eigenvalue weighted by Crippen LogP contribution is 2.25. The Hall–Kier alpha value is -3.88. The van der Waals surface area contributed by atoms with Crippen LogP contribution in [0.5, 0.6) is 5.75 Å². The first-order chi connectivity index (χ1) is 15.6. The molecule has 3 aromatic heterocycles. The first kappa shape index (κ1) is 22.3. The number of carbonyl (C=O) groups excluding carboxylic acids is 1. The van der Waals surface area contributed by atoms with E-state index in [4.69, 9.17) is 13.9 Å². The lowest BCUT2D eigenvalue weighted by atomic mass is 10.1. The Morgan fingerprint density at radius 2 is 1.91 bits per heavy atom. The lowest BCUT2D eigenvalue weighted by Gasteiger charge is -2.19. The Morgan fingerprint density at radius 3 is 2.67 bits per heavy atom. The van der Waals surface area contributed by atoms with Gasteiger partial charge in [0.1, 0.15) is 24.5 Å². The zero-order chi connectivity index (χ0) is 23.8. The molecule has 0 unspecified atom stereocenters. The fourth-order valence-electron chi connectivity index (χ4n) is 3.43. The number of nitrogens with zero attached hydrogens (tertiary/aromatic N) is 3. The average molecular weight is 450 g/mol. The van der Waals surface area contributed by atoms with E-state index in [1.165, 1.54) is 0 Å². The maximum absolute atomic E-state index is 12.7. The Balaban J connectivity index is 1.49. The predicted molar refractivity (Wildman–Crippen MR) is 124 cm³/mol. The minimum atomic E-state index is -0.504. The molecule has 1 N–H and O–H groups in total. The van der Waals surface area contributed by atoms with Crippen molar-refractivity contribution in [3.63, 3.8) is 0 Å². The lowest BCUT2D eigenvalue weighted by molar-refractivity contribution is 0.118. The van der Waals surface area contributed by atoms with E-state index < -0.39 is 11.7 Å².